The van der Waals surface area contributed by atoms with Crippen molar-refractivity contribution in [2.75, 3.05) is 13.7 Å². The second-order valence-electron chi connectivity index (χ2n) is 3.37. The van der Waals surface area contributed by atoms with Gasteiger partial charge in [-0.1, -0.05) is 19.1 Å². The molecule has 2 nitrogen and oxygen atoms in total. The summed E-state index contributed by atoms with van der Waals surface area (Å²) in [7, 11) is 1.69. The van der Waals surface area contributed by atoms with E-state index in [1.807, 2.05) is 12.1 Å². The van der Waals surface area contributed by atoms with E-state index in [4.69, 9.17) is 9.47 Å². The van der Waals surface area contributed by atoms with Gasteiger partial charge in [0.2, 0.25) is 0 Å². The highest BCUT2D eigenvalue weighted by Crippen LogP contribution is 2.42. The molecule has 0 aromatic heterocycles. The summed E-state index contributed by atoms with van der Waals surface area (Å²) in [4.78, 5) is 0. The van der Waals surface area contributed by atoms with Crippen molar-refractivity contribution in [3.8, 4) is 5.75 Å². The van der Waals surface area contributed by atoms with Crippen molar-refractivity contribution in [2.45, 2.75) is 18.9 Å². The lowest BCUT2D eigenvalue weighted by atomic mass is 9.97. The van der Waals surface area contributed by atoms with Crippen LogP contribution in [0.25, 0.3) is 0 Å². The third-order valence-electron chi connectivity index (χ3n) is 2.66. The predicted octanol–water partition coefficient (Wildman–Crippen LogP) is 2.33. The first kappa shape index (κ1) is 8.57. The molecule has 2 heteroatoms. The Labute approximate surface area is 78.5 Å². The van der Waals surface area contributed by atoms with Crippen LogP contribution in [0.1, 0.15) is 18.9 Å². The largest absolute Gasteiger partial charge is 0.497 e. The number of benzene rings is 1. The lowest BCUT2D eigenvalue weighted by molar-refractivity contribution is 0.300. The molecule has 0 N–H and O–H groups in total. The molecular weight excluding hydrogens is 164 g/mol. The Balaban J connectivity index is 2.30. The maximum Gasteiger partial charge on any atom is 0.119 e. The van der Waals surface area contributed by atoms with Crippen molar-refractivity contribution >= 4 is 0 Å². The number of hydrogen-bond acceptors (Lipinski definition) is 2. The zero-order chi connectivity index (χ0) is 9.31. The summed E-state index contributed by atoms with van der Waals surface area (Å²) >= 11 is 0. The van der Waals surface area contributed by atoms with Crippen LogP contribution in [0.5, 0.6) is 5.75 Å². The molecule has 1 aliphatic heterocycles. The van der Waals surface area contributed by atoms with Crippen LogP contribution < -0.4 is 4.74 Å². The Bertz CT molecular complexity index is 303. The highest BCUT2D eigenvalue weighted by molar-refractivity contribution is 5.34. The zero-order valence-electron chi connectivity index (χ0n) is 8.04. The van der Waals surface area contributed by atoms with E-state index < -0.39 is 0 Å². The quantitative estimate of drug-likeness (QED) is 0.662. The average Bonchev–Trinajstić information content (AvgIpc) is 2.99. The van der Waals surface area contributed by atoms with Crippen LogP contribution in [-0.4, -0.2) is 13.7 Å². The molecule has 1 aromatic carbocycles. The van der Waals surface area contributed by atoms with Gasteiger partial charge >= 0.3 is 0 Å². The molecule has 0 bridgehead atoms. The molecule has 1 unspecified atom stereocenters. The molecule has 1 saturated heterocycles. The number of hydrogen-bond donors (Lipinski definition) is 0. The Morgan fingerprint density at radius 2 is 2.31 bits per heavy atom. The van der Waals surface area contributed by atoms with Crippen molar-refractivity contribution in [3.05, 3.63) is 29.8 Å². The van der Waals surface area contributed by atoms with Gasteiger partial charge in [0.25, 0.3) is 0 Å². The Kier molecular flexibility index (Phi) is 2.00. The van der Waals surface area contributed by atoms with E-state index in [1.54, 1.807) is 7.11 Å². The van der Waals surface area contributed by atoms with E-state index in [0.29, 0.717) is 0 Å². The molecule has 13 heavy (non-hydrogen) atoms. The summed E-state index contributed by atoms with van der Waals surface area (Å²) in [5.74, 6) is 0.904. The molecule has 0 radical (unpaired) electrons. The first-order valence-electron chi connectivity index (χ1n) is 4.59. The molecule has 1 fully saturated rings. The van der Waals surface area contributed by atoms with Crippen molar-refractivity contribution < 1.29 is 9.47 Å². The monoisotopic (exact) mass is 178 g/mol. The van der Waals surface area contributed by atoms with Crippen LogP contribution in [0.15, 0.2) is 24.3 Å². The summed E-state index contributed by atoms with van der Waals surface area (Å²) in [6.45, 7) is 2.99. The number of ether oxygens (including phenoxy) is 2. The third kappa shape index (κ3) is 1.42. The molecule has 1 heterocycles. The highest BCUT2D eigenvalue weighted by atomic mass is 16.6. The molecule has 70 valence electrons. The number of epoxide rings is 1. The van der Waals surface area contributed by atoms with Crippen LogP contribution >= 0.6 is 0 Å². The fraction of sp³-hybridized carbons (Fsp3) is 0.455. The van der Waals surface area contributed by atoms with Gasteiger partial charge in [-0.15, -0.1) is 0 Å². The smallest absolute Gasteiger partial charge is 0.119 e. The summed E-state index contributed by atoms with van der Waals surface area (Å²) in [5.41, 5.74) is 1.23. The Hall–Kier alpha value is -1.02. The van der Waals surface area contributed by atoms with Gasteiger partial charge in [0.1, 0.15) is 11.4 Å². The molecule has 0 saturated carbocycles. The van der Waals surface area contributed by atoms with Crippen LogP contribution in [0, 0.1) is 0 Å². The van der Waals surface area contributed by atoms with Crippen molar-refractivity contribution in [1.82, 2.24) is 0 Å². The molecule has 0 amide bonds. The number of methoxy groups -OCH3 is 1. The Morgan fingerprint density at radius 1 is 1.54 bits per heavy atom. The zero-order valence-corrected chi connectivity index (χ0v) is 8.04. The highest BCUT2D eigenvalue weighted by Gasteiger charge is 2.44. The molecule has 0 aliphatic carbocycles. The third-order valence-corrected chi connectivity index (χ3v) is 2.66. The van der Waals surface area contributed by atoms with Crippen LogP contribution in [0.3, 0.4) is 0 Å². The van der Waals surface area contributed by atoms with Crippen LogP contribution in [0.2, 0.25) is 0 Å². The van der Waals surface area contributed by atoms with Gasteiger partial charge in [-0.2, -0.15) is 0 Å². The minimum atomic E-state index is -0.00542. The normalized spacial score (nSPS) is 25.7. The molecule has 1 atom stereocenters. The second-order valence-corrected chi connectivity index (χ2v) is 3.37. The minimum Gasteiger partial charge on any atom is -0.497 e. The maximum atomic E-state index is 5.48. The van der Waals surface area contributed by atoms with Gasteiger partial charge in [-0.05, 0) is 24.1 Å². The molecular formula is C11H14O2. The summed E-state index contributed by atoms with van der Waals surface area (Å²) in [5, 5.41) is 0. The fourth-order valence-corrected chi connectivity index (χ4v) is 1.57. The Morgan fingerprint density at radius 3 is 2.85 bits per heavy atom. The fourth-order valence-electron chi connectivity index (χ4n) is 1.57. The van der Waals surface area contributed by atoms with Crippen molar-refractivity contribution in [1.29, 1.82) is 0 Å². The minimum absolute atomic E-state index is 0.00542. The topological polar surface area (TPSA) is 21.8 Å². The van der Waals surface area contributed by atoms with E-state index in [1.165, 1.54) is 5.56 Å². The van der Waals surface area contributed by atoms with Crippen LogP contribution in [0.4, 0.5) is 0 Å². The summed E-state index contributed by atoms with van der Waals surface area (Å²) in [6, 6.07) is 8.11. The molecule has 1 aromatic rings. The van der Waals surface area contributed by atoms with E-state index in [2.05, 4.69) is 19.1 Å². The lowest BCUT2D eigenvalue weighted by Gasteiger charge is -2.10. The van der Waals surface area contributed by atoms with Crippen LogP contribution in [-0.2, 0) is 10.3 Å². The molecule has 0 spiro atoms. The van der Waals surface area contributed by atoms with Gasteiger partial charge in [0.15, 0.2) is 0 Å². The van der Waals surface area contributed by atoms with Crippen molar-refractivity contribution in [3.63, 3.8) is 0 Å². The van der Waals surface area contributed by atoms with Gasteiger partial charge in [-0.25, -0.2) is 0 Å². The molecule has 2 rings (SSSR count). The first-order chi connectivity index (χ1) is 6.30. The summed E-state index contributed by atoms with van der Waals surface area (Å²) in [6.07, 6.45) is 1.03. The van der Waals surface area contributed by atoms with Gasteiger partial charge in [0, 0.05) is 0 Å². The standard InChI is InChI=1S/C11H14O2/c1-3-11(8-13-11)9-5-4-6-10(7-9)12-2/h4-7H,3,8H2,1-2H3. The van der Waals surface area contributed by atoms with Crippen molar-refractivity contribution in [2.24, 2.45) is 0 Å². The number of rotatable bonds is 3. The van der Waals surface area contributed by atoms with E-state index in [9.17, 15) is 0 Å². The summed E-state index contributed by atoms with van der Waals surface area (Å²) < 4.78 is 10.6. The van der Waals surface area contributed by atoms with Gasteiger partial charge < -0.3 is 9.47 Å². The second kappa shape index (κ2) is 3.04. The average molecular weight is 178 g/mol. The maximum absolute atomic E-state index is 5.48. The van der Waals surface area contributed by atoms with E-state index >= 15 is 0 Å². The van der Waals surface area contributed by atoms with Gasteiger partial charge in [-0.3, -0.25) is 0 Å². The van der Waals surface area contributed by atoms with E-state index in [0.717, 1.165) is 18.8 Å². The molecule has 1 aliphatic rings. The SMILES string of the molecule is CCC1(c2cccc(OC)c2)CO1. The first-order valence-corrected chi connectivity index (χ1v) is 4.59. The predicted molar refractivity (Wildman–Crippen MR) is 50.9 cm³/mol. The van der Waals surface area contributed by atoms with E-state index in [-0.39, 0.29) is 5.60 Å². The lowest BCUT2D eigenvalue weighted by Crippen LogP contribution is -2.06. The van der Waals surface area contributed by atoms with Gasteiger partial charge in [0.05, 0.1) is 13.7 Å².